The Morgan fingerprint density at radius 1 is 1.08 bits per heavy atom. The lowest BCUT2D eigenvalue weighted by molar-refractivity contribution is 0.247. The number of hydrogen-bond acceptors (Lipinski definition) is 4. The molecule has 0 spiro atoms. The molecule has 0 aliphatic rings. The lowest BCUT2D eigenvalue weighted by atomic mass is 10.2. The molecule has 7 heteroatoms. The van der Waals surface area contributed by atoms with Crippen LogP contribution in [0.3, 0.4) is 0 Å². The number of ether oxygens (including phenoxy) is 3. The van der Waals surface area contributed by atoms with Gasteiger partial charge < -0.3 is 24.8 Å². The predicted molar refractivity (Wildman–Crippen MR) is 98.3 cm³/mol. The molecule has 0 unspecified atom stereocenters. The molecule has 0 aliphatic carbocycles. The molecule has 0 fully saturated rings. The normalized spacial score (nSPS) is 10.1. The molecule has 0 heterocycles. The fourth-order valence-electron chi connectivity index (χ4n) is 2.10. The van der Waals surface area contributed by atoms with Gasteiger partial charge >= 0.3 is 6.03 Å². The summed E-state index contributed by atoms with van der Waals surface area (Å²) >= 11 is 6.05. The minimum Gasteiger partial charge on any atom is -0.497 e. The van der Waals surface area contributed by atoms with Crippen molar-refractivity contribution in [2.24, 2.45) is 0 Å². The average Bonchev–Trinajstić information content (AvgIpc) is 2.62. The summed E-state index contributed by atoms with van der Waals surface area (Å²) in [7, 11) is 3.13. The van der Waals surface area contributed by atoms with Crippen molar-refractivity contribution in [3.63, 3.8) is 0 Å². The van der Waals surface area contributed by atoms with Crippen molar-refractivity contribution in [2.45, 2.75) is 6.92 Å². The SMILES string of the molecule is COc1ccc(OCCNC(=O)Nc2cc(C)c(Cl)cc2OC)cc1. The standard InChI is InChI=1S/C18H21ClN2O4/c1-12-10-16(17(24-3)11-15(12)19)21-18(22)20-8-9-25-14-6-4-13(23-2)5-7-14/h4-7,10-11H,8-9H2,1-3H3,(H2,20,21,22). The molecular formula is C18H21ClN2O4. The summed E-state index contributed by atoms with van der Waals surface area (Å²) in [6, 6.07) is 10.3. The number of methoxy groups -OCH3 is 2. The van der Waals surface area contributed by atoms with E-state index >= 15 is 0 Å². The number of amides is 2. The largest absolute Gasteiger partial charge is 0.497 e. The van der Waals surface area contributed by atoms with Gasteiger partial charge in [0.25, 0.3) is 0 Å². The lowest BCUT2D eigenvalue weighted by Crippen LogP contribution is -2.32. The molecule has 0 radical (unpaired) electrons. The van der Waals surface area contributed by atoms with Crippen LogP contribution in [0.2, 0.25) is 5.02 Å². The summed E-state index contributed by atoms with van der Waals surface area (Å²) in [5.74, 6) is 1.97. The number of rotatable bonds is 7. The van der Waals surface area contributed by atoms with Crippen molar-refractivity contribution in [1.29, 1.82) is 0 Å². The highest BCUT2D eigenvalue weighted by molar-refractivity contribution is 6.31. The van der Waals surface area contributed by atoms with Gasteiger partial charge in [-0.2, -0.15) is 0 Å². The van der Waals surface area contributed by atoms with Crippen LogP contribution in [0.1, 0.15) is 5.56 Å². The van der Waals surface area contributed by atoms with E-state index < -0.39 is 0 Å². The van der Waals surface area contributed by atoms with Crippen molar-refractivity contribution >= 4 is 23.3 Å². The number of aryl methyl sites for hydroxylation is 1. The Balaban J connectivity index is 1.80. The molecular weight excluding hydrogens is 344 g/mol. The van der Waals surface area contributed by atoms with Gasteiger partial charge in [-0.15, -0.1) is 0 Å². The van der Waals surface area contributed by atoms with Gasteiger partial charge in [0.05, 0.1) is 26.5 Å². The van der Waals surface area contributed by atoms with E-state index in [1.165, 1.54) is 7.11 Å². The first kappa shape index (κ1) is 18.7. The van der Waals surface area contributed by atoms with Gasteiger partial charge in [0.2, 0.25) is 0 Å². The Kier molecular flexibility index (Phi) is 6.77. The van der Waals surface area contributed by atoms with Crippen LogP contribution >= 0.6 is 11.6 Å². The molecule has 2 aromatic rings. The van der Waals surface area contributed by atoms with Crippen LogP contribution in [0.5, 0.6) is 17.2 Å². The van der Waals surface area contributed by atoms with E-state index in [0.717, 1.165) is 11.3 Å². The number of anilines is 1. The van der Waals surface area contributed by atoms with Gasteiger partial charge in [0.15, 0.2) is 0 Å². The number of benzene rings is 2. The van der Waals surface area contributed by atoms with Gasteiger partial charge in [-0.25, -0.2) is 4.79 Å². The molecule has 0 bridgehead atoms. The Labute approximate surface area is 152 Å². The van der Waals surface area contributed by atoms with E-state index in [1.54, 1.807) is 31.4 Å². The number of carbonyl (C=O) groups excluding carboxylic acids is 1. The van der Waals surface area contributed by atoms with Crippen LogP contribution in [0.15, 0.2) is 36.4 Å². The highest BCUT2D eigenvalue weighted by Gasteiger charge is 2.10. The second kappa shape index (κ2) is 9.03. The predicted octanol–water partition coefficient (Wildman–Crippen LogP) is 3.87. The fourth-order valence-corrected chi connectivity index (χ4v) is 2.26. The quantitative estimate of drug-likeness (QED) is 0.732. The second-order valence-corrected chi connectivity index (χ2v) is 5.61. The summed E-state index contributed by atoms with van der Waals surface area (Å²) < 4.78 is 15.8. The third-order valence-electron chi connectivity index (χ3n) is 3.44. The van der Waals surface area contributed by atoms with E-state index in [9.17, 15) is 4.79 Å². The van der Waals surface area contributed by atoms with Crippen molar-refractivity contribution in [3.8, 4) is 17.2 Å². The van der Waals surface area contributed by atoms with Gasteiger partial charge in [0, 0.05) is 11.1 Å². The maximum atomic E-state index is 12.0. The van der Waals surface area contributed by atoms with Crippen LogP contribution in [-0.2, 0) is 0 Å². The monoisotopic (exact) mass is 364 g/mol. The lowest BCUT2D eigenvalue weighted by Gasteiger charge is -2.13. The van der Waals surface area contributed by atoms with E-state index in [4.69, 9.17) is 25.8 Å². The first-order valence-corrected chi connectivity index (χ1v) is 8.07. The van der Waals surface area contributed by atoms with Crippen molar-refractivity contribution in [2.75, 3.05) is 32.7 Å². The molecule has 2 aromatic carbocycles. The Morgan fingerprint density at radius 2 is 1.76 bits per heavy atom. The highest BCUT2D eigenvalue weighted by atomic mass is 35.5. The fraction of sp³-hybridized carbons (Fsp3) is 0.278. The molecule has 2 amide bonds. The average molecular weight is 365 g/mol. The Bertz CT molecular complexity index is 720. The zero-order valence-electron chi connectivity index (χ0n) is 14.4. The van der Waals surface area contributed by atoms with Crippen molar-refractivity contribution in [3.05, 3.63) is 47.0 Å². The van der Waals surface area contributed by atoms with Gasteiger partial charge in [-0.3, -0.25) is 0 Å². The third-order valence-corrected chi connectivity index (χ3v) is 3.85. The molecule has 6 nitrogen and oxygen atoms in total. The minimum absolute atomic E-state index is 0.344. The van der Waals surface area contributed by atoms with Crippen LogP contribution in [0.25, 0.3) is 0 Å². The summed E-state index contributed by atoms with van der Waals surface area (Å²) in [4.78, 5) is 12.0. The van der Waals surface area contributed by atoms with Gasteiger partial charge in [0.1, 0.15) is 23.9 Å². The smallest absolute Gasteiger partial charge is 0.319 e. The molecule has 0 saturated carbocycles. The van der Waals surface area contributed by atoms with E-state index in [-0.39, 0.29) is 6.03 Å². The minimum atomic E-state index is -0.349. The molecule has 25 heavy (non-hydrogen) atoms. The molecule has 2 rings (SSSR count). The van der Waals surface area contributed by atoms with E-state index in [2.05, 4.69) is 10.6 Å². The summed E-state index contributed by atoms with van der Waals surface area (Å²) in [5, 5.41) is 6.04. The second-order valence-electron chi connectivity index (χ2n) is 5.21. The first-order chi connectivity index (χ1) is 12.0. The summed E-state index contributed by atoms with van der Waals surface area (Å²) in [6.07, 6.45) is 0. The van der Waals surface area contributed by atoms with E-state index in [1.807, 2.05) is 19.1 Å². The van der Waals surface area contributed by atoms with Crippen LogP contribution < -0.4 is 24.8 Å². The summed E-state index contributed by atoms with van der Waals surface area (Å²) in [5.41, 5.74) is 1.40. The number of nitrogens with one attached hydrogen (secondary N) is 2. The topological polar surface area (TPSA) is 68.8 Å². The van der Waals surface area contributed by atoms with Gasteiger partial charge in [-0.05, 0) is 42.8 Å². The number of hydrogen-bond donors (Lipinski definition) is 2. The Morgan fingerprint density at radius 3 is 2.40 bits per heavy atom. The molecule has 2 N–H and O–H groups in total. The van der Waals surface area contributed by atoms with Crippen LogP contribution in [0.4, 0.5) is 10.5 Å². The van der Waals surface area contributed by atoms with E-state index in [0.29, 0.717) is 35.4 Å². The molecule has 0 atom stereocenters. The number of carbonyl (C=O) groups is 1. The zero-order chi connectivity index (χ0) is 18.2. The number of halogens is 1. The molecule has 0 saturated heterocycles. The molecule has 0 aromatic heterocycles. The van der Waals surface area contributed by atoms with Crippen molar-refractivity contribution < 1.29 is 19.0 Å². The Hall–Kier alpha value is -2.60. The maximum absolute atomic E-state index is 12.0. The van der Waals surface area contributed by atoms with Gasteiger partial charge in [-0.1, -0.05) is 11.6 Å². The molecule has 134 valence electrons. The number of urea groups is 1. The highest BCUT2D eigenvalue weighted by Crippen LogP contribution is 2.30. The van der Waals surface area contributed by atoms with Crippen LogP contribution in [-0.4, -0.2) is 33.4 Å². The molecule has 0 aliphatic heterocycles. The first-order valence-electron chi connectivity index (χ1n) is 7.69. The maximum Gasteiger partial charge on any atom is 0.319 e. The zero-order valence-corrected chi connectivity index (χ0v) is 15.1. The summed E-state index contributed by atoms with van der Waals surface area (Å²) in [6.45, 7) is 2.55. The van der Waals surface area contributed by atoms with Crippen LogP contribution in [0, 0.1) is 6.92 Å². The third kappa shape index (κ3) is 5.46. The van der Waals surface area contributed by atoms with Crippen molar-refractivity contribution in [1.82, 2.24) is 5.32 Å².